The summed E-state index contributed by atoms with van der Waals surface area (Å²) in [5, 5.41) is 9.40. The highest BCUT2D eigenvalue weighted by atomic mass is 16.5. The van der Waals surface area contributed by atoms with Gasteiger partial charge < -0.3 is 15.7 Å². The van der Waals surface area contributed by atoms with Crippen molar-refractivity contribution in [3.63, 3.8) is 0 Å². The van der Waals surface area contributed by atoms with E-state index in [1.807, 2.05) is 6.11 Å². The first kappa shape index (κ1) is 10.8. The Morgan fingerprint density at radius 1 is 1.71 bits per heavy atom. The van der Waals surface area contributed by atoms with Gasteiger partial charge in [0.15, 0.2) is 17.4 Å². The maximum absolute atomic E-state index is 11.5. The van der Waals surface area contributed by atoms with E-state index in [0.717, 1.165) is 6.33 Å². The molecule has 2 aromatic heterocycles. The molecule has 2 aromatic rings. The summed E-state index contributed by atoms with van der Waals surface area (Å²) in [6.45, 7) is 1.61. The zero-order valence-electron chi connectivity index (χ0n) is 8.86. The summed E-state index contributed by atoms with van der Waals surface area (Å²) < 4.78 is 6.79. The van der Waals surface area contributed by atoms with Gasteiger partial charge in [0.1, 0.15) is 12.4 Å². The third kappa shape index (κ3) is 1.53. The smallest absolute Gasteiger partial charge is 0.304 e. The maximum Gasteiger partial charge on any atom is 0.304 e. The fourth-order valence-corrected chi connectivity index (χ4v) is 1.53. The number of imidazole rings is 1. The number of hydrogen-bond acceptors (Lipinski definition) is 6. The Hall–Kier alpha value is -2.69. The number of hydrogen-bond donors (Lipinski definition) is 2. The fraction of sp³-hybridized carbons (Fsp3) is 0.222. The standard InChI is InChI=1S/C9H9N5O3/c1-3-17-5(2)14-7-6(13(16)4-11-7)8(15)12-9(14)10/h1,4-5,16H,2H3,(H2,10,12,15). The number of anilines is 1. The first-order chi connectivity index (χ1) is 8.06. The minimum Gasteiger partial charge on any atom is -0.427 e. The Morgan fingerprint density at radius 3 is 3.06 bits per heavy atom. The summed E-state index contributed by atoms with van der Waals surface area (Å²) in [4.78, 5) is 18.9. The van der Waals surface area contributed by atoms with Gasteiger partial charge in [-0.2, -0.15) is 9.71 Å². The number of terminal acetylenes is 1. The molecule has 0 aliphatic carbocycles. The predicted molar refractivity (Wildman–Crippen MR) is 58.0 cm³/mol. The Labute approximate surface area is 95.2 Å². The van der Waals surface area contributed by atoms with E-state index < -0.39 is 11.8 Å². The molecule has 1 unspecified atom stereocenters. The first-order valence-corrected chi connectivity index (χ1v) is 4.61. The molecule has 0 aromatic carbocycles. The van der Waals surface area contributed by atoms with Crippen LogP contribution in [0.5, 0.6) is 0 Å². The lowest BCUT2D eigenvalue weighted by atomic mass is 10.5. The SMILES string of the molecule is C#COC(C)n1c(N)nc(=O)c2c1ncn2O. The molecule has 0 aliphatic heterocycles. The van der Waals surface area contributed by atoms with E-state index in [0.29, 0.717) is 4.73 Å². The molecule has 0 fully saturated rings. The number of fused-ring (bicyclic) bond motifs is 1. The van der Waals surface area contributed by atoms with Gasteiger partial charge in [0.25, 0.3) is 0 Å². The summed E-state index contributed by atoms with van der Waals surface area (Å²) in [6.07, 6.45) is 7.41. The van der Waals surface area contributed by atoms with Crippen molar-refractivity contribution in [3.05, 3.63) is 16.7 Å². The van der Waals surface area contributed by atoms with Crippen molar-refractivity contribution in [1.82, 2.24) is 19.3 Å². The second-order valence-corrected chi connectivity index (χ2v) is 3.24. The molecule has 0 saturated heterocycles. The molecule has 0 amide bonds. The highest BCUT2D eigenvalue weighted by Gasteiger charge is 2.18. The van der Waals surface area contributed by atoms with Crippen molar-refractivity contribution < 1.29 is 9.94 Å². The third-order valence-electron chi connectivity index (χ3n) is 2.23. The molecule has 0 saturated carbocycles. The summed E-state index contributed by atoms with van der Waals surface area (Å²) in [6, 6.07) is 0. The van der Waals surface area contributed by atoms with Crippen molar-refractivity contribution in [2.24, 2.45) is 0 Å². The molecule has 3 N–H and O–H groups in total. The molecule has 0 spiro atoms. The molecule has 0 radical (unpaired) electrons. The molecule has 8 heteroatoms. The number of nitrogens with zero attached hydrogens (tertiary/aromatic N) is 4. The molecule has 8 nitrogen and oxygen atoms in total. The van der Waals surface area contributed by atoms with Crippen LogP contribution in [0.25, 0.3) is 11.2 Å². The van der Waals surface area contributed by atoms with E-state index in [-0.39, 0.29) is 17.1 Å². The summed E-state index contributed by atoms with van der Waals surface area (Å²) in [5.74, 6) is -0.0936. The molecule has 2 heterocycles. The molecule has 0 aliphatic rings. The van der Waals surface area contributed by atoms with Crippen LogP contribution in [0.2, 0.25) is 0 Å². The van der Waals surface area contributed by atoms with Gasteiger partial charge in [-0.3, -0.25) is 9.36 Å². The first-order valence-electron chi connectivity index (χ1n) is 4.61. The highest BCUT2D eigenvalue weighted by molar-refractivity contribution is 5.71. The number of rotatable bonds is 2. The lowest BCUT2D eigenvalue weighted by Crippen LogP contribution is -2.22. The average molecular weight is 235 g/mol. The molecule has 2 rings (SSSR count). The van der Waals surface area contributed by atoms with Crippen LogP contribution >= 0.6 is 0 Å². The zero-order chi connectivity index (χ0) is 12.6. The van der Waals surface area contributed by atoms with Crippen LogP contribution in [0.4, 0.5) is 5.95 Å². The van der Waals surface area contributed by atoms with Crippen LogP contribution in [-0.4, -0.2) is 24.5 Å². The van der Waals surface area contributed by atoms with Crippen molar-refractivity contribution in [3.8, 4) is 12.5 Å². The van der Waals surface area contributed by atoms with Crippen LogP contribution in [0.1, 0.15) is 13.2 Å². The lowest BCUT2D eigenvalue weighted by molar-refractivity contribution is 0.123. The maximum atomic E-state index is 11.5. The van der Waals surface area contributed by atoms with Gasteiger partial charge in [-0.25, -0.2) is 4.98 Å². The predicted octanol–water partition coefficient (Wildman–Crippen LogP) is -0.462. The Balaban J connectivity index is 2.79. The largest absolute Gasteiger partial charge is 0.427 e. The summed E-state index contributed by atoms with van der Waals surface area (Å²) >= 11 is 0. The van der Waals surface area contributed by atoms with E-state index in [4.69, 9.17) is 16.9 Å². The second kappa shape index (κ2) is 3.71. The van der Waals surface area contributed by atoms with E-state index in [9.17, 15) is 10.0 Å². The Bertz CT molecular complexity index is 666. The van der Waals surface area contributed by atoms with Crippen molar-refractivity contribution in [2.45, 2.75) is 13.2 Å². The molecular weight excluding hydrogens is 226 g/mol. The van der Waals surface area contributed by atoms with Crippen LogP contribution in [0.3, 0.4) is 0 Å². The van der Waals surface area contributed by atoms with E-state index in [1.54, 1.807) is 6.92 Å². The monoisotopic (exact) mass is 235 g/mol. The Morgan fingerprint density at radius 2 is 2.41 bits per heavy atom. The number of aromatic nitrogens is 4. The third-order valence-corrected chi connectivity index (χ3v) is 2.23. The van der Waals surface area contributed by atoms with Gasteiger partial charge >= 0.3 is 5.56 Å². The van der Waals surface area contributed by atoms with Gasteiger partial charge in [0.05, 0.1) is 0 Å². The Kier molecular flexibility index (Phi) is 2.36. The van der Waals surface area contributed by atoms with Crippen molar-refractivity contribution in [2.75, 3.05) is 5.73 Å². The highest BCUT2D eigenvalue weighted by Crippen LogP contribution is 2.17. The fourth-order valence-electron chi connectivity index (χ4n) is 1.53. The van der Waals surface area contributed by atoms with Gasteiger partial charge in [-0.15, -0.1) is 0 Å². The molecule has 17 heavy (non-hydrogen) atoms. The average Bonchev–Trinajstić information content (AvgIpc) is 2.61. The summed E-state index contributed by atoms with van der Waals surface area (Å²) in [7, 11) is 0. The number of ether oxygens (including phenoxy) is 1. The zero-order valence-corrected chi connectivity index (χ0v) is 8.86. The summed E-state index contributed by atoms with van der Waals surface area (Å²) in [5.41, 5.74) is 4.98. The van der Waals surface area contributed by atoms with Crippen molar-refractivity contribution in [1.29, 1.82) is 0 Å². The number of nitrogens with two attached hydrogens (primary N) is 1. The van der Waals surface area contributed by atoms with Gasteiger partial charge in [0.2, 0.25) is 5.95 Å². The molecular formula is C9H9N5O3. The minimum absolute atomic E-state index is 0.0910. The minimum atomic E-state index is -0.679. The van der Waals surface area contributed by atoms with E-state index >= 15 is 0 Å². The van der Waals surface area contributed by atoms with Crippen LogP contribution in [0, 0.1) is 12.5 Å². The van der Waals surface area contributed by atoms with Crippen molar-refractivity contribution >= 4 is 17.1 Å². The van der Waals surface area contributed by atoms with Crippen LogP contribution in [-0.2, 0) is 4.74 Å². The molecule has 88 valence electrons. The second-order valence-electron chi connectivity index (χ2n) is 3.24. The number of nitrogen functional groups attached to an aromatic ring is 1. The van der Waals surface area contributed by atoms with Crippen LogP contribution < -0.4 is 11.3 Å². The van der Waals surface area contributed by atoms with Crippen LogP contribution in [0.15, 0.2) is 11.1 Å². The quantitative estimate of drug-likeness (QED) is 0.538. The molecule has 0 bridgehead atoms. The van der Waals surface area contributed by atoms with Gasteiger partial charge in [-0.1, -0.05) is 6.42 Å². The van der Waals surface area contributed by atoms with E-state index in [2.05, 4.69) is 9.97 Å². The lowest BCUT2D eigenvalue weighted by Gasteiger charge is -2.15. The van der Waals surface area contributed by atoms with Gasteiger partial charge in [0, 0.05) is 0 Å². The normalized spacial score (nSPS) is 12.2. The van der Waals surface area contributed by atoms with E-state index in [1.165, 1.54) is 4.57 Å². The topological polar surface area (TPSA) is 108 Å². The van der Waals surface area contributed by atoms with Gasteiger partial charge in [-0.05, 0) is 6.92 Å². The molecule has 1 atom stereocenters.